The lowest BCUT2D eigenvalue weighted by Gasteiger charge is -2.04. The van der Waals surface area contributed by atoms with E-state index in [0.717, 1.165) is 12.1 Å². The third-order valence-corrected chi connectivity index (χ3v) is 2.35. The summed E-state index contributed by atoms with van der Waals surface area (Å²) in [5.74, 6) is -1.69. The Morgan fingerprint density at radius 2 is 1.94 bits per heavy atom. The lowest BCUT2D eigenvalue weighted by Crippen LogP contribution is -2.13. The summed E-state index contributed by atoms with van der Waals surface area (Å²) in [7, 11) is 0. The minimum Gasteiger partial charge on any atom is -0.503 e. The smallest absolute Gasteiger partial charge is 0.208 e. The van der Waals surface area contributed by atoms with Gasteiger partial charge in [0.1, 0.15) is 5.76 Å². The number of nitrogens with zero attached hydrogens (tertiary/aromatic N) is 1. The van der Waals surface area contributed by atoms with Gasteiger partial charge in [-0.2, -0.15) is 0 Å². The fourth-order valence-corrected chi connectivity index (χ4v) is 1.52. The van der Waals surface area contributed by atoms with E-state index < -0.39 is 17.4 Å². The summed E-state index contributed by atoms with van der Waals surface area (Å²) in [5, 5.41) is 11.9. The zero-order valence-corrected chi connectivity index (χ0v) is 9.70. The molecule has 2 aromatic rings. The van der Waals surface area contributed by atoms with Crippen LogP contribution in [0.1, 0.15) is 17.2 Å². The van der Waals surface area contributed by atoms with Crippen molar-refractivity contribution in [1.29, 1.82) is 0 Å². The molecule has 0 saturated carbocycles. The standard InChI is InChI=1S/C12H12F2N2O2/c1-7-4-16-11(18-7)6-15-5-8-2-9(13)12(17)10(14)3-8/h2-4,15,17H,5-6H2,1H3. The first-order chi connectivity index (χ1) is 8.56. The van der Waals surface area contributed by atoms with Gasteiger partial charge in [-0.15, -0.1) is 0 Å². The number of nitrogens with one attached hydrogen (secondary N) is 1. The van der Waals surface area contributed by atoms with Crippen LogP contribution in [0.4, 0.5) is 8.78 Å². The van der Waals surface area contributed by atoms with E-state index in [-0.39, 0.29) is 6.54 Å². The number of phenols is 1. The number of oxazole rings is 1. The van der Waals surface area contributed by atoms with Crippen LogP contribution < -0.4 is 5.32 Å². The van der Waals surface area contributed by atoms with E-state index in [1.165, 1.54) is 0 Å². The van der Waals surface area contributed by atoms with Crippen molar-refractivity contribution in [3.05, 3.63) is 47.2 Å². The van der Waals surface area contributed by atoms with Crippen molar-refractivity contribution in [3.8, 4) is 5.75 Å². The Balaban J connectivity index is 1.94. The van der Waals surface area contributed by atoms with Gasteiger partial charge in [-0.1, -0.05) is 0 Å². The third-order valence-electron chi connectivity index (χ3n) is 2.35. The van der Waals surface area contributed by atoms with Crippen LogP contribution in [-0.4, -0.2) is 10.1 Å². The molecule has 18 heavy (non-hydrogen) atoms. The predicted octanol–water partition coefficient (Wildman–Crippen LogP) is 2.26. The number of aromatic nitrogens is 1. The van der Waals surface area contributed by atoms with E-state index in [4.69, 9.17) is 9.52 Å². The van der Waals surface area contributed by atoms with Crippen LogP contribution in [0.5, 0.6) is 5.75 Å². The summed E-state index contributed by atoms with van der Waals surface area (Å²) in [4.78, 5) is 3.98. The highest BCUT2D eigenvalue weighted by atomic mass is 19.1. The molecule has 2 N–H and O–H groups in total. The molecule has 0 radical (unpaired) electrons. The fourth-order valence-electron chi connectivity index (χ4n) is 1.52. The summed E-state index contributed by atoms with van der Waals surface area (Å²) in [6, 6.07) is 2.15. The van der Waals surface area contributed by atoms with Crippen molar-refractivity contribution in [2.75, 3.05) is 0 Å². The van der Waals surface area contributed by atoms with Gasteiger partial charge in [0.05, 0.1) is 12.7 Å². The first-order valence-corrected chi connectivity index (χ1v) is 5.35. The molecule has 6 heteroatoms. The summed E-state index contributed by atoms with van der Waals surface area (Å²) in [5.41, 5.74) is 0.395. The normalized spacial score (nSPS) is 10.8. The van der Waals surface area contributed by atoms with Gasteiger partial charge < -0.3 is 14.8 Å². The van der Waals surface area contributed by atoms with E-state index in [0.29, 0.717) is 23.8 Å². The van der Waals surface area contributed by atoms with E-state index in [9.17, 15) is 8.78 Å². The van der Waals surface area contributed by atoms with Crippen LogP contribution in [0, 0.1) is 18.6 Å². The van der Waals surface area contributed by atoms with Gasteiger partial charge in [-0.3, -0.25) is 0 Å². The maximum absolute atomic E-state index is 13.0. The highest BCUT2D eigenvalue weighted by molar-refractivity contribution is 5.29. The van der Waals surface area contributed by atoms with Crippen LogP contribution in [0.25, 0.3) is 0 Å². The van der Waals surface area contributed by atoms with Crippen LogP contribution in [0.3, 0.4) is 0 Å². The lowest BCUT2D eigenvalue weighted by atomic mass is 10.2. The van der Waals surface area contributed by atoms with Crippen molar-refractivity contribution < 1.29 is 18.3 Å². The molecular formula is C12H12F2N2O2. The molecule has 0 unspecified atom stereocenters. The van der Waals surface area contributed by atoms with E-state index in [2.05, 4.69) is 10.3 Å². The first kappa shape index (κ1) is 12.5. The van der Waals surface area contributed by atoms with Gasteiger partial charge >= 0.3 is 0 Å². The number of benzene rings is 1. The van der Waals surface area contributed by atoms with Crippen molar-refractivity contribution >= 4 is 0 Å². The molecule has 0 saturated heterocycles. The Hall–Kier alpha value is -1.95. The van der Waals surface area contributed by atoms with Crippen molar-refractivity contribution in [3.63, 3.8) is 0 Å². The van der Waals surface area contributed by atoms with Gasteiger partial charge in [0.15, 0.2) is 17.4 Å². The van der Waals surface area contributed by atoms with Crippen molar-refractivity contribution in [1.82, 2.24) is 10.3 Å². The summed E-state index contributed by atoms with van der Waals surface area (Å²) >= 11 is 0. The number of aryl methyl sites for hydroxylation is 1. The molecule has 0 spiro atoms. The third kappa shape index (κ3) is 2.84. The molecule has 0 bridgehead atoms. The Bertz CT molecular complexity index is 532. The zero-order chi connectivity index (χ0) is 13.1. The van der Waals surface area contributed by atoms with Gasteiger partial charge in [0.2, 0.25) is 5.89 Å². The molecule has 1 aromatic carbocycles. The second-order valence-electron chi connectivity index (χ2n) is 3.88. The Morgan fingerprint density at radius 1 is 1.28 bits per heavy atom. The van der Waals surface area contributed by atoms with Crippen molar-refractivity contribution in [2.24, 2.45) is 0 Å². The van der Waals surface area contributed by atoms with E-state index in [1.54, 1.807) is 13.1 Å². The predicted molar refractivity (Wildman–Crippen MR) is 59.8 cm³/mol. The largest absolute Gasteiger partial charge is 0.503 e. The van der Waals surface area contributed by atoms with Gasteiger partial charge in [0.25, 0.3) is 0 Å². The highest BCUT2D eigenvalue weighted by Gasteiger charge is 2.09. The second kappa shape index (κ2) is 5.14. The molecule has 96 valence electrons. The zero-order valence-electron chi connectivity index (χ0n) is 9.70. The molecule has 1 heterocycles. The molecule has 0 aliphatic rings. The summed E-state index contributed by atoms with van der Waals surface area (Å²) in [6.45, 7) is 2.38. The molecule has 0 atom stereocenters. The number of phenolic OH excluding ortho intramolecular Hbond substituents is 1. The number of rotatable bonds is 4. The monoisotopic (exact) mass is 254 g/mol. The molecule has 1 aromatic heterocycles. The average molecular weight is 254 g/mol. The topological polar surface area (TPSA) is 58.3 Å². The fraction of sp³-hybridized carbons (Fsp3) is 0.250. The first-order valence-electron chi connectivity index (χ1n) is 5.35. The molecule has 0 fully saturated rings. The Labute approximate surface area is 102 Å². The lowest BCUT2D eigenvalue weighted by molar-refractivity contribution is 0.394. The Kier molecular flexibility index (Phi) is 3.57. The number of hydrogen-bond acceptors (Lipinski definition) is 4. The number of aromatic hydroxyl groups is 1. The second-order valence-corrected chi connectivity index (χ2v) is 3.88. The molecule has 4 nitrogen and oxygen atoms in total. The molecule has 0 aliphatic heterocycles. The molecular weight excluding hydrogens is 242 g/mol. The molecule has 0 amide bonds. The summed E-state index contributed by atoms with van der Waals surface area (Å²) < 4.78 is 31.3. The minimum absolute atomic E-state index is 0.246. The minimum atomic E-state index is -0.973. The maximum atomic E-state index is 13.0. The average Bonchev–Trinajstić information content (AvgIpc) is 2.72. The SMILES string of the molecule is Cc1cnc(CNCc2cc(F)c(O)c(F)c2)o1. The van der Waals surface area contributed by atoms with Crippen LogP contribution in [0.2, 0.25) is 0 Å². The summed E-state index contributed by atoms with van der Waals surface area (Å²) in [6.07, 6.45) is 1.59. The van der Waals surface area contributed by atoms with E-state index in [1.807, 2.05) is 0 Å². The maximum Gasteiger partial charge on any atom is 0.208 e. The van der Waals surface area contributed by atoms with Gasteiger partial charge in [0, 0.05) is 6.54 Å². The quantitative estimate of drug-likeness (QED) is 0.878. The highest BCUT2D eigenvalue weighted by Crippen LogP contribution is 2.21. The van der Waals surface area contributed by atoms with E-state index >= 15 is 0 Å². The Morgan fingerprint density at radius 3 is 2.50 bits per heavy atom. The molecule has 2 rings (SSSR count). The molecule has 0 aliphatic carbocycles. The van der Waals surface area contributed by atoms with Crippen molar-refractivity contribution in [2.45, 2.75) is 20.0 Å². The number of hydrogen-bond donors (Lipinski definition) is 2. The van der Waals surface area contributed by atoms with Crippen LogP contribution in [-0.2, 0) is 13.1 Å². The van der Waals surface area contributed by atoms with Crippen LogP contribution >= 0.6 is 0 Å². The van der Waals surface area contributed by atoms with Gasteiger partial charge in [-0.05, 0) is 24.6 Å². The van der Waals surface area contributed by atoms with Crippen LogP contribution in [0.15, 0.2) is 22.7 Å². The van der Waals surface area contributed by atoms with Gasteiger partial charge in [-0.25, -0.2) is 13.8 Å². The number of halogens is 2.